The van der Waals surface area contributed by atoms with Gasteiger partial charge in [-0.1, -0.05) is 26.7 Å². The summed E-state index contributed by atoms with van der Waals surface area (Å²) in [5.41, 5.74) is 5.41. The van der Waals surface area contributed by atoms with Crippen molar-refractivity contribution in [2.75, 3.05) is 13.1 Å². The molecule has 0 amide bonds. The Balaban J connectivity index is 4.20. The first kappa shape index (κ1) is 19.8. The number of aliphatic hydroxyl groups excluding tert-OH is 1. The first-order chi connectivity index (χ1) is 9.31. The second-order valence-corrected chi connectivity index (χ2v) is 7.84. The summed E-state index contributed by atoms with van der Waals surface area (Å²) < 4.78 is 27.2. The van der Waals surface area contributed by atoms with Crippen LogP contribution < -0.4 is 10.5 Å². The van der Waals surface area contributed by atoms with Crippen LogP contribution in [0.15, 0.2) is 0 Å². The second-order valence-electron chi connectivity index (χ2n) is 5.85. The zero-order chi connectivity index (χ0) is 15.6. The Morgan fingerprint density at radius 2 is 1.65 bits per heavy atom. The maximum atomic E-state index is 12.3. The predicted octanol–water partition coefficient (Wildman–Crippen LogP) is 1.61. The summed E-state index contributed by atoms with van der Waals surface area (Å²) in [6, 6.07) is 0. The molecule has 4 N–H and O–H groups in total. The van der Waals surface area contributed by atoms with E-state index in [1.54, 1.807) is 6.92 Å². The van der Waals surface area contributed by atoms with Crippen LogP contribution in [-0.4, -0.2) is 38.0 Å². The van der Waals surface area contributed by atoms with Gasteiger partial charge in [0.05, 0.1) is 11.4 Å². The second kappa shape index (κ2) is 10.5. The van der Waals surface area contributed by atoms with Crippen LogP contribution in [0.5, 0.6) is 0 Å². The standard InChI is InChI=1S/C14H32N2O3S/c1-12(2)14(9-8-13(3)17)20(18,19)16-11-7-5-4-6-10-15/h12-14,16-17H,4-11,15H2,1-3H3. The number of aliphatic hydroxyl groups is 1. The fourth-order valence-electron chi connectivity index (χ4n) is 2.20. The number of hydrogen-bond acceptors (Lipinski definition) is 4. The van der Waals surface area contributed by atoms with Gasteiger partial charge < -0.3 is 10.8 Å². The summed E-state index contributed by atoms with van der Waals surface area (Å²) >= 11 is 0. The van der Waals surface area contributed by atoms with Gasteiger partial charge in [-0.05, 0) is 45.1 Å². The maximum absolute atomic E-state index is 12.3. The molecule has 0 aliphatic rings. The van der Waals surface area contributed by atoms with Crippen molar-refractivity contribution in [3.05, 3.63) is 0 Å². The zero-order valence-corrected chi connectivity index (χ0v) is 14.0. The quantitative estimate of drug-likeness (QED) is 0.478. The van der Waals surface area contributed by atoms with Crippen molar-refractivity contribution in [1.82, 2.24) is 4.72 Å². The summed E-state index contributed by atoms with van der Waals surface area (Å²) in [6.07, 6.45) is 4.45. The van der Waals surface area contributed by atoms with Crippen molar-refractivity contribution in [1.29, 1.82) is 0 Å². The Kier molecular flexibility index (Phi) is 10.5. The molecule has 0 aromatic heterocycles. The molecule has 2 unspecified atom stereocenters. The zero-order valence-electron chi connectivity index (χ0n) is 13.1. The van der Waals surface area contributed by atoms with Gasteiger partial charge in [-0.3, -0.25) is 0 Å². The molecule has 0 fully saturated rings. The van der Waals surface area contributed by atoms with E-state index in [4.69, 9.17) is 5.73 Å². The normalized spacial score (nSPS) is 15.5. The molecule has 0 aliphatic carbocycles. The van der Waals surface area contributed by atoms with Gasteiger partial charge in [0, 0.05) is 6.54 Å². The number of hydrogen-bond donors (Lipinski definition) is 3. The van der Waals surface area contributed by atoms with Crippen molar-refractivity contribution in [3.63, 3.8) is 0 Å². The van der Waals surface area contributed by atoms with Gasteiger partial charge in [0.25, 0.3) is 0 Å². The summed E-state index contributed by atoms with van der Waals surface area (Å²) in [4.78, 5) is 0. The Labute approximate surface area is 124 Å². The molecule has 20 heavy (non-hydrogen) atoms. The van der Waals surface area contributed by atoms with E-state index in [1.807, 2.05) is 13.8 Å². The van der Waals surface area contributed by atoms with Gasteiger partial charge >= 0.3 is 0 Å². The third-order valence-corrected chi connectivity index (χ3v) is 5.63. The largest absolute Gasteiger partial charge is 0.393 e. The maximum Gasteiger partial charge on any atom is 0.214 e. The minimum atomic E-state index is -3.30. The van der Waals surface area contributed by atoms with Crippen molar-refractivity contribution in [2.45, 2.75) is 70.7 Å². The molecule has 0 radical (unpaired) electrons. The van der Waals surface area contributed by atoms with Gasteiger partial charge in [-0.2, -0.15) is 0 Å². The summed E-state index contributed by atoms with van der Waals surface area (Å²) in [6.45, 7) is 6.69. The molecule has 0 rings (SSSR count). The molecule has 0 aromatic rings. The number of sulfonamides is 1. The molecule has 0 spiro atoms. The fraction of sp³-hybridized carbons (Fsp3) is 1.00. The first-order valence-corrected chi connectivity index (χ1v) is 9.22. The number of nitrogens with one attached hydrogen (secondary N) is 1. The SMILES string of the molecule is CC(O)CCC(C(C)C)S(=O)(=O)NCCCCCCN. The lowest BCUT2D eigenvalue weighted by atomic mass is 10.0. The summed E-state index contributed by atoms with van der Waals surface area (Å²) in [7, 11) is -3.30. The lowest BCUT2D eigenvalue weighted by molar-refractivity contribution is 0.179. The molecule has 0 aliphatic heterocycles. The molecule has 0 heterocycles. The van der Waals surface area contributed by atoms with Crippen LogP contribution in [0.4, 0.5) is 0 Å². The van der Waals surface area contributed by atoms with Crippen LogP contribution in [0.2, 0.25) is 0 Å². The fourth-order valence-corrected chi connectivity index (χ4v) is 4.00. The molecular weight excluding hydrogens is 276 g/mol. The van der Waals surface area contributed by atoms with E-state index in [0.717, 1.165) is 25.7 Å². The van der Waals surface area contributed by atoms with Gasteiger partial charge in [0.1, 0.15) is 0 Å². The van der Waals surface area contributed by atoms with Crippen LogP contribution in [0.3, 0.4) is 0 Å². The van der Waals surface area contributed by atoms with Gasteiger partial charge in [-0.25, -0.2) is 13.1 Å². The van der Waals surface area contributed by atoms with E-state index >= 15 is 0 Å². The molecule has 6 heteroatoms. The predicted molar refractivity (Wildman–Crippen MR) is 84.0 cm³/mol. The molecule has 0 aromatic carbocycles. The van der Waals surface area contributed by atoms with Crippen LogP contribution in [0.1, 0.15) is 59.3 Å². The van der Waals surface area contributed by atoms with Gasteiger partial charge in [0.15, 0.2) is 0 Å². The molecule has 122 valence electrons. The summed E-state index contributed by atoms with van der Waals surface area (Å²) in [5, 5.41) is 8.89. The van der Waals surface area contributed by atoms with Crippen molar-refractivity contribution < 1.29 is 13.5 Å². The smallest absolute Gasteiger partial charge is 0.214 e. The molecule has 0 bridgehead atoms. The topological polar surface area (TPSA) is 92.4 Å². The minimum Gasteiger partial charge on any atom is -0.393 e. The van der Waals surface area contributed by atoms with Crippen molar-refractivity contribution >= 4 is 10.0 Å². The van der Waals surface area contributed by atoms with Crippen molar-refractivity contribution in [3.8, 4) is 0 Å². The van der Waals surface area contributed by atoms with E-state index in [9.17, 15) is 13.5 Å². The number of nitrogens with two attached hydrogens (primary N) is 1. The highest BCUT2D eigenvalue weighted by Gasteiger charge is 2.27. The monoisotopic (exact) mass is 308 g/mol. The average Bonchev–Trinajstić information content (AvgIpc) is 2.32. The van der Waals surface area contributed by atoms with E-state index < -0.39 is 21.4 Å². The van der Waals surface area contributed by atoms with Crippen LogP contribution in [0, 0.1) is 5.92 Å². The van der Waals surface area contributed by atoms with Gasteiger partial charge in [-0.15, -0.1) is 0 Å². The Morgan fingerprint density at radius 3 is 2.15 bits per heavy atom. The van der Waals surface area contributed by atoms with Crippen molar-refractivity contribution in [2.24, 2.45) is 11.7 Å². The highest BCUT2D eigenvalue weighted by molar-refractivity contribution is 7.90. The van der Waals surface area contributed by atoms with E-state index in [-0.39, 0.29) is 5.92 Å². The first-order valence-electron chi connectivity index (χ1n) is 7.68. The Bertz CT molecular complexity index is 329. The molecular formula is C14H32N2O3S. The van der Waals surface area contributed by atoms with E-state index in [0.29, 0.717) is 25.9 Å². The Morgan fingerprint density at radius 1 is 1.05 bits per heavy atom. The van der Waals surface area contributed by atoms with Crippen LogP contribution >= 0.6 is 0 Å². The molecule has 0 saturated heterocycles. The third-order valence-electron chi connectivity index (χ3n) is 3.45. The van der Waals surface area contributed by atoms with E-state index in [1.165, 1.54) is 0 Å². The molecule has 2 atom stereocenters. The molecule has 0 saturated carbocycles. The highest BCUT2D eigenvalue weighted by Crippen LogP contribution is 2.18. The lowest BCUT2D eigenvalue weighted by Crippen LogP contribution is -2.38. The third kappa shape index (κ3) is 8.89. The Hall–Kier alpha value is -0.170. The van der Waals surface area contributed by atoms with E-state index in [2.05, 4.69) is 4.72 Å². The molecule has 5 nitrogen and oxygen atoms in total. The minimum absolute atomic E-state index is 0.0449. The van der Waals surface area contributed by atoms with Gasteiger partial charge in [0.2, 0.25) is 10.0 Å². The number of rotatable bonds is 12. The number of unbranched alkanes of at least 4 members (excludes halogenated alkanes) is 3. The summed E-state index contributed by atoms with van der Waals surface area (Å²) in [5.74, 6) is 0.0449. The van der Waals surface area contributed by atoms with Crippen LogP contribution in [-0.2, 0) is 10.0 Å². The lowest BCUT2D eigenvalue weighted by Gasteiger charge is -2.22. The average molecular weight is 308 g/mol. The van der Waals surface area contributed by atoms with Crippen LogP contribution in [0.25, 0.3) is 0 Å². The highest BCUT2D eigenvalue weighted by atomic mass is 32.2.